The summed E-state index contributed by atoms with van der Waals surface area (Å²) in [6.07, 6.45) is 1.30. The number of hydrogen-bond acceptors (Lipinski definition) is 4. The highest BCUT2D eigenvalue weighted by Gasteiger charge is 2.23. The van der Waals surface area contributed by atoms with Crippen LogP contribution in [0.15, 0.2) is 24.3 Å². The largest absolute Gasteiger partial charge is 0.481 e. The van der Waals surface area contributed by atoms with Crippen molar-refractivity contribution in [2.75, 3.05) is 6.26 Å². The molecule has 0 aliphatic rings. The number of aliphatic carboxylic acids is 2. The number of carbonyl (C=O) groups excluding carboxylic acids is 1. The number of amides is 1. The standard InChI is InChI=1S/C13H15NO5S/c1-20-7-8-2-4-9(5-3-8)12(17)14-10(13(18)19)6-11(15)16/h2-5,10H,6-7H2,1H3,(H,14,17)(H,15,16)(H,18,19). The van der Waals surface area contributed by atoms with Crippen LogP contribution in [0.5, 0.6) is 0 Å². The summed E-state index contributed by atoms with van der Waals surface area (Å²) in [5, 5.41) is 19.6. The van der Waals surface area contributed by atoms with Crippen molar-refractivity contribution in [1.82, 2.24) is 5.32 Å². The Hall–Kier alpha value is -2.02. The van der Waals surface area contributed by atoms with E-state index in [0.29, 0.717) is 5.56 Å². The number of nitrogens with one attached hydrogen (secondary N) is 1. The average molecular weight is 297 g/mol. The zero-order valence-electron chi connectivity index (χ0n) is 10.8. The lowest BCUT2D eigenvalue weighted by atomic mass is 10.1. The molecule has 1 atom stereocenters. The molecule has 0 saturated heterocycles. The summed E-state index contributed by atoms with van der Waals surface area (Å²) in [5.74, 6) is -2.44. The Morgan fingerprint density at radius 1 is 1.20 bits per heavy atom. The Labute approximate surface area is 120 Å². The Kier molecular flexibility index (Phi) is 6.05. The van der Waals surface area contributed by atoms with Crippen LogP contribution in [0, 0.1) is 0 Å². The summed E-state index contributed by atoms with van der Waals surface area (Å²) in [6.45, 7) is 0. The van der Waals surface area contributed by atoms with E-state index in [1.807, 2.05) is 6.26 Å². The monoisotopic (exact) mass is 297 g/mol. The average Bonchev–Trinajstić information content (AvgIpc) is 2.38. The lowest BCUT2D eigenvalue weighted by Crippen LogP contribution is -2.42. The van der Waals surface area contributed by atoms with Gasteiger partial charge in [-0.1, -0.05) is 12.1 Å². The van der Waals surface area contributed by atoms with Gasteiger partial charge in [-0.25, -0.2) is 4.79 Å². The maximum absolute atomic E-state index is 11.8. The first-order valence-corrected chi connectivity index (χ1v) is 7.16. The predicted octanol–water partition coefficient (Wildman–Crippen LogP) is 1.21. The van der Waals surface area contributed by atoms with Gasteiger partial charge in [-0.3, -0.25) is 9.59 Å². The van der Waals surface area contributed by atoms with Gasteiger partial charge >= 0.3 is 11.9 Å². The molecule has 0 aromatic heterocycles. The van der Waals surface area contributed by atoms with E-state index < -0.39 is 30.3 Å². The van der Waals surface area contributed by atoms with E-state index in [0.717, 1.165) is 11.3 Å². The van der Waals surface area contributed by atoms with E-state index in [1.165, 1.54) is 0 Å². The summed E-state index contributed by atoms with van der Waals surface area (Å²) < 4.78 is 0. The van der Waals surface area contributed by atoms with Crippen molar-refractivity contribution in [1.29, 1.82) is 0 Å². The van der Waals surface area contributed by atoms with Crippen LogP contribution in [0.3, 0.4) is 0 Å². The minimum absolute atomic E-state index is 0.298. The van der Waals surface area contributed by atoms with Gasteiger partial charge in [0.15, 0.2) is 0 Å². The summed E-state index contributed by atoms with van der Waals surface area (Å²) in [4.78, 5) is 33.2. The number of benzene rings is 1. The molecule has 6 nitrogen and oxygen atoms in total. The van der Waals surface area contributed by atoms with E-state index in [9.17, 15) is 14.4 Å². The van der Waals surface area contributed by atoms with E-state index in [4.69, 9.17) is 10.2 Å². The highest BCUT2D eigenvalue weighted by molar-refractivity contribution is 7.97. The number of carboxylic acids is 2. The van der Waals surface area contributed by atoms with Gasteiger partial charge in [-0.15, -0.1) is 0 Å². The van der Waals surface area contributed by atoms with Gasteiger partial charge in [-0.2, -0.15) is 11.8 Å². The van der Waals surface area contributed by atoms with Gasteiger partial charge in [0.2, 0.25) is 0 Å². The number of hydrogen-bond donors (Lipinski definition) is 3. The Balaban J connectivity index is 2.73. The fraction of sp³-hybridized carbons (Fsp3) is 0.308. The second kappa shape index (κ2) is 7.54. The van der Waals surface area contributed by atoms with Crippen molar-refractivity contribution in [3.8, 4) is 0 Å². The molecule has 20 heavy (non-hydrogen) atoms. The molecule has 0 fully saturated rings. The Bertz CT molecular complexity index is 500. The first-order valence-electron chi connectivity index (χ1n) is 5.77. The third kappa shape index (κ3) is 4.93. The molecule has 108 valence electrons. The second-order valence-electron chi connectivity index (χ2n) is 4.09. The first kappa shape index (κ1) is 16.0. The molecule has 0 heterocycles. The molecule has 0 radical (unpaired) electrons. The van der Waals surface area contributed by atoms with Crippen molar-refractivity contribution in [2.45, 2.75) is 18.2 Å². The summed E-state index contributed by atoms with van der Waals surface area (Å²) >= 11 is 1.65. The van der Waals surface area contributed by atoms with Crippen molar-refractivity contribution in [2.24, 2.45) is 0 Å². The zero-order valence-corrected chi connectivity index (χ0v) is 11.6. The molecule has 1 unspecified atom stereocenters. The third-order valence-electron chi connectivity index (χ3n) is 2.51. The molecule has 0 aliphatic carbocycles. The van der Waals surface area contributed by atoms with Crippen LogP contribution in [0.1, 0.15) is 22.3 Å². The topological polar surface area (TPSA) is 104 Å². The number of thioether (sulfide) groups is 1. The molecule has 0 aliphatic heterocycles. The van der Waals surface area contributed by atoms with Crippen LogP contribution in [0.25, 0.3) is 0 Å². The van der Waals surface area contributed by atoms with Crippen LogP contribution in [-0.2, 0) is 15.3 Å². The van der Waals surface area contributed by atoms with Crippen LogP contribution >= 0.6 is 11.8 Å². The van der Waals surface area contributed by atoms with Crippen LogP contribution in [0.4, 0.5) is 0 Å². The molecule has 0 spiro atoms. The van der Waals surface area contributed by atoms with Crippen LogP contribution in [-0.4, -0.2) is 40.4 Å². The summed E-state index contributed by atoms with van der Waals surface area (Å²) in [7, 11) is 0. The first-order chi connectivity index (χ1) is 9.43. The molecular formula is C13H15NO5S. The molecule has 1 aromatic rings. The van der Waals surface area contributed by atoms with Crippen LogP contribution < -0.4 is 5.32 Å². The Morgan fingerprint density at radius 3 is 2.25 bits per heavy atom. The quantitative estimate of drug-likeness (QED) is 0.699. The SMILES string of the molecule is CSCc1ccc(C(=O)NC(CC(=O)O)C(=O)O)cc1. The molecule has 1 aromatic carbocycles. The molecule has 0 bridgehead atoms. The number of carbonyl (C=O) groups is 3. The Morgan fingerprint density at radius 2 is 1.80 bits per heavy atom. The highest BCUT2D eigenvalue weighted by atomic mass is 32.2. The molecule has 7 heteroatoms. The van der Waals surface area contributed by atoms with E-state index in [2.05, 4.69) is 5.32 Å². The molecule has 3 N–H and O–H groups in total. The zero-order chi connectivity index (χ0) is 15.1. The fourth-order valence-corrected chi connectivity index (χ4v) is 2.06. The van der Waals surface area contributed by atoms with Crippen LogP contribution in [0.2, 0.25) is 0 Å². The van der Waals surface area contributed by atoms with E-state index in [1.54, 1.807) is 36.0 Å². The van der Waals surface area contributed by atoms with Gasteiger partial charge in [-0.05, 0) is 24.0 Å². The highest BCUT2D eigenvalue weighted by Crippen LogP contribution is 2.10. The maximum atomic E-state index is 11.8. The van der Waals surface area contributed by atoms with Crippen molar-refractivity contribution < 1.29 is 24.6 Å². The van der Waals surface area contributed by atoms with Gasteiger partial charge in [0.1, 0.15) is 6.04 Å². The predicted molar refractivity (Wildman–Crippen MR) is 74.8 cm³/mol. The normalized spacial score (nSPS) is 11.7. The lowest BCUT2D eigenvalue weighted by molar-refractivity contribution is -0.145. The smallest absolute Gasteiger partial charge is 0.326 e. The van der Waals surface area contributed by atoms with Gasteiger partial charge in [0, 0.05) is 11.3 Å². The van der Waals surface area contributed by atoms with E-state index >= 15 is 0 Å². The minimum atomic E-state index is -1.44. The summed E-state index contributed by atoms with van der Waals surface area (Å²) in [6, 6.07) is 5.28. The van der Waals surface area contributed by atoms with Gasteiger partial charge < -0.3 is 15.5 Å². The summed E-state index contributed by atoms with van der Waals surface area (Å²) in [5.41, 5.74) is 1.35. The molecule has 1 rings (SSSR count). The van der Waals surface area contributed by atoms with E-state index in [-0.39, 0.29) is 0 Å². The maximum Gasteiger partial charge on any atom is 0.326 e. The fourth-order valence-electron chi connectivity index (χ4n) is 1.54. The van der Waals surface area contributed by atoms with Crippen molar-refractivity contribution >= 4 is 29.6 Å². The molecule has 1 amide bonds. The molecular weight excluding hydrogens is 282 g/mol. The van der Waals surface area contributed by atoms with Gasteiger partial charge in [0.05, 0.1) is 6.42 Å². The number of rotatable bonds is 7. The lowest BCUT2D eigenvalue weighted by Gasteiger charge is -2.12. The minimum Gasteiger partial charge on any atom is -0.481 e. The second-order valence-corrected chi connectivity index (χ2v) is 4.96. The molecule has 0 saturated carbocycles. The number of carboxylic acid groups (broad SMARTS) is 2. The van der Waals surface area contributed by atoms with Crippen molar-refractivity contribution in [3.05, 3.63) is 35.4 Å². The van der Waals surface area contributed by atoms with Gasteiger partial charge in [0.25, 0.3) is 5.91 Å². The third-order valence-corrected chi connectivity index (χ3v) is 3.13. The van der Waals surface area contributed by atoms with Crippen molar-refractivity contribution in [3.63, 3.8) is 0 Å².